The first kappa shape index (κ1) is 20.3. The van der Waals surface area contributed by atoms with Crippen LogP contribution >= 0.6 is 0 Å². The molecule has 0 radical (unpaired) electrons. The van der Waals surface area contributed by atoms with Crippen LogP contribution in [0.25, 0.3) is 28.3 Å². The minimum Gasteiger partial charge on any atom is -0.394 e. The molecule has 1 atom stereocenters. The molecular weight excluding hydrogens is 414 g/mol. The van der Waals surface area contributed by atoms with Gasteiger partial charge in [-0.2, -0.15) is 5.26 Å². The number of nitriles is 1. The van der Waals surface area contributed by atoms with Gasteiger partial charge in [-0.15, -0.1) is 0 Å². The van der Waals surface area contributed by atoms with Crippen LogP contribution in [0.1, 0.15) is 24.4 Å². The summed E-state index contributed by atoms with van der Waals surface area (Å²) in [6, 6.07) is 5.44. The molecule has 4 aromatic rings. The maximum absolute atomic E-state index is 13.3. The molecule has 164 valence electrons. The van der Waals surface area contributed by atoms with Crippen LogP contribution in [0.2, 0.25) is 0 Å². The van der Waals surface area contributed by atoms with E-state index in [-0.39, 0.29) is 18.3 Å². The topological polar surface area (TPSA) is 143 Å². The second kappa shape index (κ2) is 8.16. The maximum atomic E-state index is 13.3. The normalized spacial score (nSPS) is 15.9. The monoisotopic (exact) mass is 435 g/mol. The van der Waals surface area contributed by atoms with Crippen molar-refractivity contribution in [1.29, 1.82) is 5.26 Å². The number of fused-ring (bicyclic) bond motifs is 2. The Labute approximate surface area is 181 Å². The van der Waals surface area contributed by atoms with Gasteiger partial charge in [-0.05, 0) is 25.0 Å². The van der Waals surface area contributed by atoms with E-state index in [1.54, 1.807) is 39.7 Å². The number of aliphatic hydroxyl groups is 2. The van der Waals surface area contributed by atoms with Gasteiger partial charge in [0.1, 0.15) is 22.9 Å². The van der Waals surface area contributed by atoms with E-state index in [1.165, 1.54) is 4.57 Å². The summed E-state index contributed by atoms with van der Waals surface area (Å²) in [7, 11) is 0. The number of hydrogen-bond acceptors (Lipinski definition) is 8. The Kier molecular flexibility index (Phi) is 5.18. The number of pyridine rings is 1. The van der Waals surface area contributed by atoms with Gasteiger partial charge >= 0.3 is 5.69 Å². The fourth-order valence-electron chi connectivity index (χ4n) is 4.11. The van der Waals surface area contributed by atoms with Gasteiger partial charge in [-0.3, -0.25) is 13.5 Å². The Morgan fingerprint density at radius 2 is 2.06 bits per heavy atom. The zero-order valence-electron chi connectivity index (χ0n) is 17.1. The number of aliphatic hydroxyl groups excluding tert-OH is 2. The molecule has 11 nitrogen and oxygen atoms in total. The van der Waals surface area contributed by atoms with Gasteiger partial charge in [0.15, 0.2) is 11.5 Å². The van der Waals surface area contributed by atoms with Crippen LogP contribution < -0.4 is 5.69 Å². The van der Waals surface area contributed by atoms with Gasteiger partial charge in [0, 0.05) is 25.5 Å². The lowest BCUT2D eigenvalue weighted by atomic mass is 10.1. The number of aromatic nitrogens is 6. The van der Waals surface area contributed by atoms with E-state index in [9.17, 15) is 20.3 Å². The van der Waals surface area contributed by atoms with Gasteiger partial charge in [-0.25, -0.2) is 19.7 Å². The largest absolute Gasteiger partial charge is 0.394 e. The molecule has 2 N–H and O–H groups in total. The molecule has 0 bridgehead atoms. The smallest absolute Gasteiger partial charge is 0.330 e. The minimum atomic E-state index is -1.08. The highest BCUT2D eigenvalue weighted by Crippen LogP contribution is 2.26. The van der Waals surface area contributed by atoms with Crippen molar-refractivity contribution in [2.24, 2.45) is 0 Å². The first-order valence-corrected chi connectivity index (χ1v) is 10.3. The van der Waals surface area contributed by atoms with Crippen molar-refractivity contribution < 1.29 is 14.9 Å². The highest BCUT2D eigenvalue weighted by atomic mass is 16.5. The van der Waals surface area contributed by atoms with E-state index in [0.717, 1.165) is 0 Å². The Morgan fingerprint density at radius 1 is 1.25 bits per heavy atom. The zero-order valence-corrected chi connectivity index (χ0v) is 17.1. The van der Waals surface area contributed by atoms with E-state index < -0.39 is 12.7 Å². The second-order valence-corrected chi connectivity index (χ2v) is 7.75. The molecule has 32 heavy (non-hydrogen) atoms. The van der Waals surface area contributed by atoms with Crippen LogP contribution in [0, 0.1) is 11.3 Å². The van der Waals surface area contributed by atoms with Gasteiger partial charge in [0.2, 0.25) is 0 Å². The average Bonchev–Trinajstić information content (AvgIpc) is 3.37. The van der Waals surface area contributed by atoms with Crippen LogP contribution in [-0.2, 0) is 11.3 Å². The molecule has 0 aromatic carbocycles. The van der Waals surface area contributed by atoms with Crippen molar-refractivity contribution >= 4 is 16.8 Å². The SMILES string of the molecule is N#Cc1ccc2ncc(-c3ncc4c(n3)n(C3CCOCC3)c(=O)n4CC(O)CO)n2c1. The molecule has 0 amide bonds. The van der Waals surface area contributed by atoms with E-state index in [2.05, 4.69) is 16.0 Å². The van der Waals surface area contributed by atoms with Crippen molar-refractivity contribution in [1.82, 2.24) is 28.5 Å². The summed E-state index contributed by atoms with van der Waals surface area (Å²) >= 11 is 0. The Bertz CT molecular complexity index is 1390. The van der Waals surface area contributed by atoms with Crippen molar-refractivity contribution in [3.63, 3.8) is 0 Å². The number of rotatable bonds is 5. The fraction of sp³-hybridized carbons (Fsp3) is 0.381. The van der Waals surface area contributed by atoms with Gasteiger partial charge in [0.05, 0.1) is 37.2 Å². The predicted octanol–water partition coefficient (Wildman–Crippen LogP) is 0.484. The molecule has 1 aliphatic rings. The highest BCUT2D eigenvalue weighted by molar-refractivity contribution is 5.74. The van der Waals surface area contributed by atoms with Crippen LogP contribution in [0.5, 0.6) is 0 Å². The van der Waals surface area contributed by atoms with Crippen LogP contribution in [0.15, 0.2) is 35.5 Å². The lowest BCUT2D eigenvalue weighted by Crippen LogP contribution is -2.33. The van der Waals surface area contributed by atoms with Crippen molar-refractivity contribution in [2.45, 2.75) is 31.5 Å². The fourth-order valence-corrected chi connectivity index (χ4v) is 4.11. The van der Waals surface area contributed by atoms with Crippen molar-refractivity contribution in [3.8, 4) is 17.6 Å². The second-order valence-electron chi connectivity index (χ2n) is 7.75. The third kappa shape index (κ3) is 3.34. The number of ether oxygens (including phenoxy) is 1. The van der Waals surface area contributed by atoms with Gasteiger partial charge in [0.25, 0.3) is 0 Å². The molecule has 5 heterocycles. The molecule has 11 heteroatoms. The molecule has 5 rings (SSSR count). The molecule has 1 saturated heterocycles. The summed E-state index contributed by atoms with van der Waals surface area (Å²) in [5.74, 6) is 0.362. The van der Waals surface area contributed by atoms with Crippen LogP contribution in [-0.4, -0.2) is 64.6 Å². The van der Waals surface area contributed by atoms with E-state index in [0.29, 0.717) is 59.9 Å². The Balaban J connectivity index is 1.70. The molecule has 4 aromatic heterocycles. The summed E-state index contributed by atoms with van der Waals surface area (Å²) in [6.07, 6.45) is 5.10. The summed E-state index contributed by atoms with van der Waals surface area (Å²) in [6.45, 7) is 0.570. The van der Waals surface area contributed by atoms with E-state index in [1.807, 2.05) is 0 Å². The molecule has 1 unspecified atom stereocenters. The van der Waals surface area contributed by atoms with E-state index >= 15 is 0 Å². The van der Waals surface area contributed by atoms with Gasteiger partial charge < -0.3 is 14.9 Å². The Morgan fingerprint density at radius 3 is 2.81 bits per heavy atom. The summed E-state index contributed by atoms with van der Waals surface area (Å²) < 4.78 is 10.2. The Hall–Kier alpha value is -3.59. The molecule has 0 saturated carbocycles. The maximum Gasteiger partial charge on any atom is 0.330 e. The molecule has 0 spiro atoms. The molecule has 0 aliphatic carbocycles. The quantitative estimate of drug-likeness (QED) is 0.461. The highest BCUT2D eigenvalue weighted by Gasteiger charge is 2.25. The van der Waals surface area contributed by atoms with Crippen molar-refractivity contribution in [3.05, 3.63) is 46.8 Å². The number of imidazole rings is 2. The van der Waals surface area contributed by atoms with E-state index in [4.69, 9.17) is 9.72 Å². The average molecular weight is 435 g/mol. The number of hydrogen-bond donors (Lipinski definition) is 2. The van der Waals surface area contributed by atoms with Gasteiger partial charge in [-0.1, -0.05) is 0 Å². The lowest BCUT2D eigenvalue weighted by molar-refractivity contribution is 0.0680. The lowest BCUT2D eigenvalue weighted by Gasteiger charge is -2.22. The molecule has 1 aliphatic heterocycles. The molecular formula is C21H21N7O4. The van der Waals surface area contributed by atoms with Crippen LogP contribution in [0.4, 0.5) is 0 Å². The number of nitrogens with zero attached hydrogens (tertiary/aromatic N) is 7. The first-order valence-electron chi connectivity index (χ1n) is 10.3. The summed E-state index contributed by atoms with van der Waals surface area (Å²) in [4.78, 5) is 26.8. The third-order valence-corrected chi connectivity index (χ3v) is 5.73. The summed E-state index contributed by atoms with van der Waals surface area (Å²) in [5.41, 5.74) is 2.32. The van der Waals surface area contributed by atoms with Crippen LogP contribution in [0.3, 0.4) is 0 Å². The third-order valence-electron chi connectivity index (χ3n) is 5.73. The first-order chi connectivity index (χ1) is 15.6. The zero-order chi connectivity index (χ0) is 22.2. The van der Waals surface area contributed by atoms with Crippen molar-refractivity contribution in [2.75, 3.05) is 19.8 Å². The minimum absolute atomic E-state index is 0.0636. The standard InChI is InChI=1S/C21H21N7O4/c22-7-13-1-2-18-23-8-16(26(18)10-13)19-24-9-17-20(25-19)28(14-3-5-32-6-4-14)21(31)27(17)11-15(30)12-29/h1-2,8-10,14-15,29-30H,3-6,11-12H2. The molecule has 1 fully saturated rings. The predicted molar refractivity (Wildman–Crippen MR) is 113 cm³/mol. The summed E-state index contributed by atoms with van der Waals surface area (Å²) in [5, 5.41) is 28.5.